The summed E-state index contributed by atoms with van der Waals surface area (Å²) in [5, 5.41) is 10.1. The second kappa shape index (κ2) is 3.41. The molecule has 1 aliphatic carbocycles. The highest BCUT2D eigenvalue weighted by Crippen LogP contribution is 2.46. The van der Waals surface area contributed by atoms with Gasteiger partial charge < -0.3 is 14.7 Å². The third kappa shape index (κ3) is 1.26. The molecule has 0 radical (unpaired) electrons. The van der Waals surface area contributed by atoms with E-state index in [-0.39, 0.29) is 24.2 Å². The number of allylic oxidation sites excluding steroid dienone is 3. The van der Waals surface area contributed by atoms with Crippen molar-refractivity contribution >= 4 is 5.97 Å². The van der Waals surface area contributed by atoms with Gasteiger partial charge in [0.25, 0.3) is 0 Å². The number of aliphatic hydroxyl groups excluding tert-OH is 1. The minimum Gasteiger partial charge on any atom is -0.511 e. The van der Waals surface area contributed by atoms with Crippen LogP contribution in [0.5, 0.6) is 0 Å². The van der Waals surface area contributed by atoms with Crippen LogP contribution in [-0.2, 0) is 9.53 Å². The molecule has 96 valence electrons. The van der Waals surface area contributed by atoms with Crippen molar-refractivity contribution < 1.29 is 14.6 Å². The fourth-order valence-corrected chi connectivity index (χ4v) is 3.35. The quantitative estimate of drug-likeness (QED) is 0.673. The van der Waals surface area contributed by atoms with E-state index < -0.39 is 5.60 Å². The Bertz CT molecular complexity index is 623. The van der Waals surface area contributed by atoms with Gasteiger partial charge in [-0.2, -0.15) is 0 Å². The van der Waals surface area contributed by atoms with Crippen LogP contribution in [0.25, 0.3) is 0 Å². The molecule has 4 rings (SSSR count). The monoisotopic (exact) mass is 255 g/mol. The number of esters is 1. The van der Waals surface area contributed by atoms with Gasteiger partial charge in [-0.1, -0.05) is 18.2 Å². The van der Waals surface area contributed by atoms with Crippen molar-refractivity contribution in [2.45, 2.75) is 24.5 Å². The van der Waals surface area contributed by atoms with Gasteiger partial charge in [-0.25, -0.2) is 0 Å². The first kappa shape index (κ1) is 10.7. The van der Waals surface area contributed by atoms with Crippen molar-refractivity contribution in [3.8, 4) is 0 Å². The number of rotatable bonds is 0. The predicted octanol–water partition coefficient (Wildman–Crippen LogP) is 2.10. The number of aliphatic hydroxyl groups is 1. The standard InChI is InChI=1S/C15H13NO3/c17-12-9-13(18)19-15-6-1-3-10-4-2-7-16(14(10)15)8-5-11(12)15/h1-3,5-8,14,17H,4,9H2. The topological polar surface area (TPSA) is 49.8 Å². The van der Waals surface area contributed by atoms with E-state index in [2.05, 4.69) is 12.2 Å². The van der Waals surface area contributed by atoms with Gasteiger partial charge in [0.05, 0.1) is 0 Å². The van der Waals surface area contributed by atoms with Crippen LogP contribution in [0.4, 0.5) is 0 Å². The maximum atomic E-state index is 11.8. The van der Waals surface area contributed by atoms with Gasteiger partial charge in [-0.3, -0.25) is 4.79 Å². The average Bonchev–Trinajstić information content (AvgIpc) is 2.38. The third-order valence-corrected chi connectivity index (χ3v) is 4.08. The summed E-state index contributed by atoms with van der Waals surface area (Å²) in [6.45, 7) is 0. The molecule has 0 aromatic carbocycles. The van der Waals surface area contributed by atoms with Crippen molar-refractivity contribution in [3.05, 3.63) is 59.7 Å². The van der Waals surface area contributed by atoms with E-state index in [4.69, 9.17) is 4.74 Å². The zero-order valence-electron chi connectivity index (χ0n) is 10.2. The zero-order valence-corrected chi connectivity index (χ0v) is 10.2. The highest BCUT2D eigenvalue weighted by molar-refractivity contribution is 5.77. The zero-order chi connectivity index (χ0) is 13.0. The van der Waals surface area contributed by atoms with Crippen molar-refractivity contribution in [1.82, 2.24) is 4.90 Å². The van der Waals surface area contributed by atoms with Gasteiger partial charge in [0.15, 0.2) is 5.60 Å². The highest BCUT2D eigenvalue weighted by Gasteiger charge is 2.53. The molecule has 1 N–H and O–H groups in total. The molecule has 0 saturated carbocycles. The molecule has 0 bridgehead atoms. The Labute approximate surface area is 110 Å². The molecule has 0 amide bonds. The lowest BCUT2D eigenvalue weighted by molar-refractivity contribution is -0.158. The van der Waals surface area contributed by atoms with E-state index in [1.807, 2.05) is 35.5 Å². The molecule has 1 spiro atoms. The molecule has 2 atom stereocenters. The van der Waals surface area contributed by atoms with Crippen molar-refractivity contribution in [1.29, 1.82) is 0 Å². The molecule has 0 saturated heterocycles. The molecule has 3 aliphatic heterocycles. The lowest BCUT2D eigenvalue weighted by atomic mass is 9.72. The number of carbonyl (C=O) groups is 1. The fraction of sp³-hybridized carbons (Fsp3) is 0.267. The van der Waals surface area contributed by atoms with Gasteiger partial charge in [-0.05, 0) is 24.1 Å². The lowest BCUT2D eigenvalue weighted by Gasteiger charge is -2.50. The first-order valence-corrected chi connectivity index (χ1v) is 6.36. The van der Waals surface area contributed by atoms with E-state index in [0.717, 1.165) is 6.42 Å². The molecular formula is C15H13NO3. The number of nitrogens with zero attached hydrogens (tertiary/aromatic N) is 1. The van der Waals surface area contributed by atoms with Crippen LogP contribution in [-0.4, -0.2) is 27.6 Å². The Hall–Kier alpha value is -2.23. The lowest BCUT2D eigenvalue weighted by Crippen LogP contribution is -2.58. The molecule has 4 heteroatoms. The molecule has 0 fully saturated rings. The minimum atomic E-state index is -0.872. The van der Waals surface area contributed by atoms with Gasteiger partial charge >= 0.3 is 5.97 Å². The van der Waals surface area contributed by atoms with Crippen molar-refractivity contribution in [3.63, 3.8) is 0 Å². The summed E-state index contributed by atoms with van der Waals surface area (Å²) in [5.41, 5.74) is 1.02. The highest BCUT2D eigenvalue weighted by atomic mass is 16.6. The normalized spacial score (nSPS) is 34.7. The van der Waals surface area contributed by atoms with Crippen LogP contribution < -0.4 is 0 Å². The van der Waals surface area contributed by atoms with Crippen LogP contribution in [0.3, 0.4) is 0 Å². The first-order chi connectivity index (χ1) is 9.21. The molecule has 0 aromatic rings. The summed E-state index contributed by atoms with van der Waals surface area (Å²) in [6.07, 6.45) is 14.5. The number of hydrogen-bond acceptors (Lipinski definition) is 4. The average molecular weight is 255 g/mol. The predicted molar refractivity (Wildman–Crippen MR) is 68.8 cm³/mol. The molecule has 19 heavy (non-hydrogen) atoms. The molecule has 4 aliphatic rings. The summed E-state index contributed by atoms with van der Waals surface area (Å²) >= 11 is 0. The molecule has 3 heterocycles. The van der Waals surface area contributed by atoms with Crippen LogP contribution in [0, 0.1) is 0 Å². The summed E-state index contributed by atoms with van der Waals surface area (Å²) in [4.78, 5) is 13.8. The fourth-order valence-electron chi connectivity index (χ4n) is 3.35. The summed E-state index contributed by atoms with van der Waals surface area (Å²) in [6, 6.07) is -0.0751. The minimum absolute atomic E-state index is 0.0448. The van der Waals surface area contributed by atoms with Gasteiger partial charge in [0.1, 0.15) is 18.2 Å². The second-order valence-electron chi connectivity index (χ2n) is 5.16. The number of carbonyl (C=O) groups excluding carboxylic acids is 1. The maximum absolute atomic E-state index is 11.8. The smallest absolute Gasteiger partial charge is 0.314 e. The second-order valence-corrected chi connectivity index (χ2v) is 5.16. The Morgan fingerprint density at radius 2 is 2.32 bits per heavy atom. The van der Waals surface area contributed by atoms with E-state index in [0.29, 0.717) is 5.57 Å². The largest absolute Gasteiger partial charge is 0.511 e. The Kier molecular flexibility index (Phi) is 1.91. The molecule has 2 unspecified atom stereocenters. The SMILES string of the molecule is O=C1CC(O)=C2C=CN3C=CCC4=CC=CC2(O1)C43. The van der Waals surface area contributed by atoms with Crippen LogP contribution in [0.2, 0.25) is 0 Å². The van der Waals surface area contributed by atoms with Crippen LogP contribution >= 0.6 is 0 Å². The summed E-state index contributed by atoms with van der Waals surface area (Å²) < 4.78 is 5.68. The van der Waals surface area contributed by atoms with E-state index >= 15 is 0 Å². The van der Waals surface area contributed by atoms with Gasteiger partial charge in [-0.15, -0.1) is 0 Å². The maximum Gasteiger partial charge on any atom is 0.314 e. The Balaban J connectivity index is 1.99. The Morgan fingerprint density at radius 3 is 3.21 bits per heavy atom. The van der Waals surface area contributed by atoms with Crippen molar-refractivity contribution in [2.24, 2.45) is 0 Å². The third-order valence-electron chi connectivity index (χ3n) is 4.08. The number of hydrogen-bond donors (Lipinski definition) is 1. The molecule has 0 aromatic heterocycles. The molecular weight excluding hydrogens is 242 g/mol. The molecule has 4 nitrogen and oxygen atoms in total. The van der Waals surface area contributed by atoms with Gasteiger partial charge in [0, 0.05) is 18.0 Å². The van der Waals surface area contributed by atoms with Crippen LogP contribution in [0.15, 0.2) is 59.7 Å². The summed E-state index contributed by atoms with van der Waals surface area (Å²) in [7, 11) is 0. The number of ether oxygens (including phenoxy) is 1. The Morgan fingerprint density at radius 1 is 1.42 bits per heavy atom. The van der Waals surface area contributed by atoms with Gasteiger partial charge in [0.2, 0.25) is 0 Å². The van der Waals surface area contributed by atoms with Crippen molar-refractivity contribution in [2.75, 3.05) is 0 Å². The summed E-state index contributed by atoms with van der Waals surface area (Å²) in [5.74, 6) is -0.260. The van der Waals surface area contributed by atoms with E-state index in [1.165, 1.54) is 5.57 Å². The van der Waals surface area contributed by atoms with E-state index in [1.54, 1.807) is 0 Å². The van der Waals surface area contributed by atoms with E-state index in [9.17, 15) is 9.90 Å². The first-order valence-electron chi connectivity index (χ1n) is 6.36. The van der Waals surface area contributed by atoms with Crippen LogP contribution in [0.1, 0.15) is 12.8 Å².